The predicted molar refractivity (Wildman–Crippen MR) is 133 cm³/mol. The lowest BCUT2D eigenvalue weighted by Crippen LogP contribution is -2.55. The lowest BCUT2D eigenvalue weighted by molar-refractivity contribution is -0.140. The normalized spacial score (nSPS) is 48.6. The first-order chi connectivity index (χ1) is 14.5. The van der Waals surface area contributed by atoms with Crippen molar-refractivity contribution in [2.75, 3.05) is 0 Å². The minimum absolute atomic E-state index is 0.0534. The van der Waals surface area contributed by atoms with Crippen LogP contribution in [0.4, 0.5) is 0 Å². The highest BCUT2D eigenvalue weighted by atomic mass is 16.3. The molecular formula is C30H52O. The third-order valence-electron chi connectivity index (χ3n) is 12.0. The Morgan fingerprint density at radius 3 is 2.32 bits per heavy atom. The maximum atomic E-state index is 10.6. The van der Waals surface area contributed by atoms with Crippen molar-refractivity contribution in [2.24, 2.45) is 58.2 Å². The molecule has 4 aliphatic carbocycles. The van der Waals surface area contributed by atoms with Gasteiger partial charge in [-0.2, -0.15) is 0 Å². The van der Waals surface area contributed by atoms with Crippen molar-refractivity contribution >= 4 is 0 Å². The van der Waals surface area contributed by atoms with Crippen LogP contribution in [0.5, 0.6) is 0 Å². The van der Waals surface area contributed by atoms with Crippen LogP contribution in [0.15, 0.2) is 11.1 Å². The van der Waals surface area contributed by atoms with Gasteiger partial charge in [-0.3, -0.25) is 0 Å². The minimum atomic E-state index is -0.0534. The van der Waals surface area contributed by atoms with E-state index in [1.54, 1.807) is 5.57 Å². The predicted octanol–water partition coefficient (Wildman–Crippen LogP) is 8.27. The molecule has 0 spiro atoms. The Bertz CT molecular complexity index is 691. The average molecular weight is 429 g/mol. The van der Waals surface area contributed by atoms with E-state index in [-0.39, 0.29) is 6.10 Å². The van der Waals surface area contributed by atoms with E-state index < -0.39 is 0 Å². The first-order valence-corrected chi connectivity index (χ1v) is 13.9. The second kappa shape index (κ2) is 8.48. The third-order valence-corrected chi connectivity index (χ3v) is 12.0. The van der Waals surface area contributed by atoms with Crippen LogP contribution in [0.25, 0.3) is 0 Å². The summed E-state index contributed by atoms with van der Waals surface area (Å²) in [5, 5.41) is 10.6. The van der Waals surface area contributed by atoms with Crippen LogP contribution in [0.1, 0.15) is 113 Å². The largest absolute Gasteiger partial charge is 0.393 e. The molecule has 4 rings (SSSR count). The number of fused-ring (bicyclic) bond motifs is 5. The van der Waals surface area contributed by atoms with E-state index in [1.807, 2.05) is 5.57 Å². The third kappa shape index (κ3) is 3.77. The van der Waals surface area contributed by atoms with Crippen LogP contribution in [0.2, 0.25) is 0 Å². The van der Waals surface area contributed by atoms with Crippen molar-refractivity contribution in [2.45, 2.75) is 119 Å². The van der Waals surface area contributed by atoms with Crippen LogP contribution < -0.4 is 0 Å². The van der Waals surface area contributed by atoms with Gasteiger partial charge in [0.05, 0.1) is 6.10 Å². The summed E-state index contributed by atoms with van der Waals surface area (Å²) in [5.74, 6) is 6.36. The molecule has 4 fully saturated rings. The van der Waals surface area contributed by atoms with Gasteiger partial charge in [0, 0.05) is 0 Å². The monoisotopic (exact) mass is 428 g/mol. The second-order valence-electron chi connectivity index (χ2n) is 13.6. The molecule has 0 aliphatic heterocycles. The minimum Gasteiger partial charge on any atom is -0.393 e. The molecule has 10 atom stereocenters. The zero-order valence-corrected chi connectivity index (χ0v) is 22.0. The summed E-state index contributed by atoms with van der Waals surface area (Å²) in [5.41, 5.74) is 4.57. The van der Waals surface area contributed by atoms with E-state index in [1.165, 1.54) is 51.4 Å². The van der Waals surface area contributed by atoms with Crippen molar-refractivity contribution in [3.63, 3.8) is 0 Å². The molecule has 31 heavy (non-hydrogen) atoms. The van der Waals surface area contributed by atoms with E-state index >= 15 is 0 Å². The molecule has 1 N–H and O–H groups in total. The highest BCUT2D eigenvalue weighted by Gasteiger charge is 2.60. The summed E-state index contributed by atoms with van der Waals surface area (Å²) < 4.78 is 0. The van der Waals surface area contributed by atoms with Crippen LogP contribution in [-0.4, -0.2) is 11.2 Å². The van der Waals surface area contributed by atoms with Crippen LogP contribution in [-0.2, 0) is 0 Å². The Morgan fingerprint density at radius 2 is 1.65 bits per heavy atom. The standard InChI is InChI=1S/C30H52O/c1-18(2)21(5)19(3)17-20(4)24-11-12-26-23-9-10-25-22(6)28(31)14-16-30(25,8)27(23)13-15-29(24,26)7/h18-19,21-23,25-28,31H,9-17H2,1-8H3/t19-,21+,22+,23+,25+,26+,27+,28+,29-,30+/m1/s1. The highest BCUT2D eigenvalue weighted by molar-refractivity contribution is 5.28. The fourth-order valence-corrected chi connectivity index (χ4v) is 9.67. The van der Waals surface area contributed by atoms with Gasteiger partial charge in [0.2, 0.25) is 0 Å². The fourth-order valence-electron chi connectivity index (χ4n) is 9.67. The Morgan fingerprint density at radius 1 is 0.935 bits per heavy atom. The Balaban J connectivity index is 1.55. The molecule has 0 amide bonds. The van der Waals surface area contributed by atoms with Gasteiger partial charge in [-0.15, -0.1) is 0 Å². The molecule has 0 radical (unpaired) electrons. The van der Waals surface area contributed by atoms with Gasteiger partial charge < -0.3 is 5.11 Å². The van der Waals surface area contributed by atoms with Gasteiger partial charge in [-0.25, -0.2) is 0 Å². The van der Waals surface area contributed by atoms with Crippen LogP contribution in [0.3, 0.4) is 0 Å². The second-order valence-corrected chi connectivity index (χ2v) is 13.6. The first-order valence-electron chi connectivity index (χ1n) is 13.9. The molecule has 4 saturated carbocycles. The first kappa shape index (κ1) is 23.8. The summed E-state index contributed by atoms with van der Waals surface area (Å²) in [6.07, 6.45) is 12.0. The van der Waals surface area contributed by atoms with E-state index in [9.17, 15) is 5.11 Å². The summed E-state index contributed by atoms with van der Waals surface area (Å²) in [6.45, 7) is 19.9. The summed E-state index contributed by atoms with van der Waals surface area (Å²) in [4.78, 5) is 0. The Kier molecular flexibility index (Phi) is 6.53. The van der Waals surface area contributed by atoms with E-state index in [2.05, 4.69) is 55.4 Å². The maximum Gasteiger partial charge on any atom is 0.0568 e. The zero-order chi connectivity index (χ0) is 22.7. The molecule has 178 valence electrons. The van der Waals surface area contributed by atoms with Crippen molar-refractivity contribution in [3.8, 4) is 0 Å². The fraction of sp³-hybridized carbons (Fsp3) is 0.933. The summed E-state index contributed by atoms with van der Waals surface area (Å²) in [7, 11) is 0. The Labute approximate surface area is 193 Å². The number of hydrogen-bond acceptors (Lipinski definition) is 1. The molecule has 1 heteroatoms. The molecular weight excluding hydrogens is 376 g/mol. The lowest BCUT2D eigenvalue weighted by atomic mass is 9.43. The molecule has 0 aromatic heterocycles. The number of allylic oxidation sites excluding steroid dienone is 2. The van der Waals surface area contributed by atoms with Crippen LogP contribution >= 0.6 is 0 Å². The van der Waals surface area contributed by atoms with Gasteiger partial charge in [0.15, 0.2) is 0 Å². The average Bonchev–Trinajstić information content (AvgIpc) is 3.07. The molecule has 0 bridgehead atoms. The summed E-state index contributed by atoms with van der Waals surface area (Å²) >= 11 is 0. The van der Waals surface area contributed by atoms with Gasteiger partial charge in [0.25, 0.3) is 0 Å². The van der Waals surface area contributed by atoms with Gasteiger partial charge >= 0.3 is 0 Å². The molecule has 0 heterocycles. The Hall–Kier alpha value is -0.300. The lowest BCUT2D eigenvalue weighted by Gasteiger charge is -2.62. The van der Waals surface area contributed by atoms with Crippen molar-refractivity contribution in [1.82, 2.24) is 0 Å². The number of rotatable bonds is 4. The van der Waals surface area contributed by atoms with Gasteiger partial charge in [-0.1, -0.05) is 59.6 Å². The molecule has 1 nitrogen and oxygen atoms in total. The van der Waals surface area contributed by atoms with E-state index in [4.69, 9.17) is 0 Å². The van der Waals surface area contributed by atoms with Gasteiger partial charge in [0.1, 0.15) is 0 Å². The van der Waals surface area contributed by atoms with Gasteiger partial charge in [-0.05, 0) is 123 Å². The van der Waals surface area contributed by atoms with Crippen molar-refractivity contribution in [1.29, 1.82) is 0 Å². The van der Waals surface area contributed by atoms with Crippen LogP contribution in [0, 0.1) is 58.2 Å². The molecule has 4 aliphatic rings. The number of aliphatic hydroxyl groups excluding tert-OH is 1. The van der Waals surface area contributed by atoms with Crippen molar-refractivity contribution < 1.29 is 5.11 Å². The smallest absolute Gasteiger partial charge is 0.0568 e. The topological polar surface area (TPSA) is 20.2 Å². The number of aliphatic hydroxyl groups is 1. The maximum absolute atomic E-state index is 10.6. The number of hydrogen-bond donors (Lipinski definition) is 1. The molecule has 0 saturated heterocycles. The SMILES string of the molecule is CC(C[C@@H](C)[C@@H](C)C(C)C)=C1CC[C@H]2[C@@H]3CC[C@H]4[C@H](C)[C@@H](O)CC[C@]4(C)[C@H]3CC[C@]12C. The zero-order valence-electron chi connectivity index (χ0n) is 22.0. The molecule has 0 unspecified atom stereocenters. The molecule has 0 aromatic carbocycles. The highest BCUT2D eigenvalue weighted by Crippen LogP contribution is 2.68. The van der Waals surface area contributed by atoms with E-state index in [0.29, 0.717) is 16.7 Å². The molecule has 0 aromatic rings. The quantitative estimate of drug-likeness (QED) is 0.447. The summed E-state index contributed by atoms with van der Waals surface area (Å²) in [6, 6.07) is 0. The van der Waals surface area contributed by atoms with E-state index in [0.717, 1.165) is 47.8 Å². The van der Waals surface area contributed by atoms with Crippen molar-refractivity contribution in [3.05, 3.63) is 11.1 Å².